The summed E-state index contributed by atoms with van der Waals surface area (Å²) in [4.78, 5) is 26.4. The van der Waals surface area contributed by atoms with Crippen LogP contribution < -0.4 is 0 Å². The molecule has 1 aliphatic rings. The van der Waals surface area contributed by atoms with E-state index in [1.807, 2.05) is 0 Å². The van der Waals surface area contributed by atoms with Gasteiger partial charge in [-0.25, -0.2) is 4.79 Å². The lowest BCUT2D eigenvalue weighted by atomic mass is 10.3. The molecule has 1 unspecified atom stereocenters. The summed E-state index contributed by atoms with van der Waals surface area (Å²) in [6.45, 7) is 0.674. The minimum atomic E-state index is -1.23. The van der Waals surface area contributed by atoms with Gasteiger partial charge in [0.05, 0.1) is 21.9 Å². The van der Waals surface area contributed by atoms with Gasteiger partial charge in [0, 0.05) is 25.2 Å². The van der Waals surface area contributed by atoms with Gasteiger partial charge < -0.3 is 19.6 Å². The summed E-state index contributed by atoms with van der Waals surface area (Å²) in [7, 11) is 0. The minimum absolute atomic E-state index is 0.0629. The van der Waals surface area contributed by atoms with Crippen LogP contribution in [0.3, 0.4) is 0 Å². The molecule has 1 aliphatic heterocycles. The molecule has 4 heterocycles. The normalized spacial score (nSPS) is 16.6. The number of carbonyl (C=O) groups excluding carboxylic acids is 1. The topological polar surface area (TPSA) is 122 Å². The Labute approximate surface area is 167 Å². The monoisotopic (exact) mass is 422 g/mol. The van der Waals surface area contributed by atoms with Crippen LogP contribution in [0.15, 0.2) is 28.8 Å². The van der Waals surface area contributed by atoms with Crippen molar-refractivity contribution in [3.8, 4) is 10.6 Å². The number of hydrogen-bond acceptors (Lipinski definition) is 7. The van der Waals surface area contributed by atoms with Crippen molar-refractivity contribution in [2.75, 3.05) is 13.1 Å². The molecule has 3 aromatic rings. The number of nitrogens with zero attached hydrogens (tertiary/aromatic N) is 4. The molecule has 0 bridgehead atoms. The van der Waals surface area contributed by atoms with Crippen molar-refractivity contribution >= 4 is 34.8 Å². The van der Waals surface area contributed by atoms with Gasteiger partial charge in [0.2, 0.25) is 0 Å². The van der Waals surface area contributed by atoms with Crippen molar-refractivity contribution in [3.05, 3.63) is 45.7 Å². The van der Waals surface area contributed by atoms with Crippen LogP contribution in [0, 0.1) is 0 Å². The van der Waals surface area contributed by atoms with Crippen LogP contribution in [0.4, 0.5) is 0 Å². The smallest absolute Gasteiger partial charge is 0.356 e. The Morgan fingerprint density at radius 2 is 2.18 bits per heavy atom. The number of carboxylic acid groups (broad SMARTS) is 1. The number of thiophene rings is 1. The first-order valence-corrected chi connectivity index (χ1v) is 9.60. The van der Waals surface area contributed by atoms with Crippen molar-refractivity contribution in [1.29, 1.82) is 0 Å². The van der Waals surface area contributed by atoms with Crippen molar-refractivity contribution in [1.82, 2.24) is 19.8 Å². The number of amides is 1. The maximum absolute atomic E-state index is 12.8. The number of aliphatic hydroxyl groups excluding tert-OH is 1. The fourth-order valence-corrected chi connectivity index (χ4v) is 4.00. The maximum Gasteiger partial charge on any atom is 0.356 e. The summed E-state index contributed by atoms with van der Waals surface area (Å²) in [5.74, 6) is -1.10. The average Bonchev–Trinajstić information content (AvgIpc) is 3.41. The fraction of sp³-hybridized carbons (Fsp3) is 0.294. The molecule has 2 N–H and O–H groups in total. The van der Waals surface area contributed by atoms with E-state index in [0.717, 1.165) is 4.88 Å². The SMILES string of the molecule is O=C(O)c1cc(C(=O)N2CCC(O)C2)n(Cc2cc(-c3ccc(Cl)s3)on2)n1. The predicted octanol–water partition coefficient (Wildman–Crippen LogP) is 2.21. The van der Waals surface area contributed by atoms with Gasteiger partial charge in [0.1, 0.15) is 11.4 Å². The molecule has 0 spiro atoms. The molecule has 1 fully saturated rings. The Hall–Kier alpha value is -2.69. The van der Waals surface area contributed by atoms with Gasteiger partial charge in [-0.05, 0) is 18.6 Å². The van der Waals surface area contributed by atoms with Crippen LogP contribution >= 0.6 is 22.9 Å². The first kappa shape index (κ1) is 18.7. The second-order valence-electron chi connectivity index (χ2n) is 6.36. The first-order chi connectivity index (χ1) is 13.4. The lowest BCUT2D eigenvalue weighted by Gasteiger charge is -2.15. The first-order valence-electron chi connectivity index (χ1n) is 8.40. The van der Waals surface area contributed by atoms with Gasteiger partial charge in [-0.15, -0.1) is 11.3 Å². The highest BCUT2D eigenvalue weighted by atomic mass is 35.5. The third kappa shape index (κ3) is 3.66. The number of aromatic carboxylic acids is 1. The molecule has 146 valence electrons. The third-order valence-electron chi connectivity index (χ3n) is 4.36. The van der Waals surface area contributed by atoms with Crippen LogP contribution in [0.5, 0.6) is 0 Å². The quantitative estimate of drug-likeness (QED) is 0.646. The van der Waals surface area contributed by atoms with Gasteiger partial charge in [0.15, 0.2) is 11.5 Å². The average molecular weight is 423 g/mol. The Balaban J connectivity index is 1.61. The van der Waals surface area contributed by atoms with Crippen LogP contribution in [-0.2, 0) is 6.54 Å². The standard InChI is InChI=1S/C17H15ClN4O5S/c18-15-2-1-14(28-15)13-5-9(20-27-13)7-22-12(6-11(19-22)17(25)26)16(24)21-4-3-10(23)8-21/h1-2,5-6,10,23H,3-4,7-8H2,(H,25,26). The maximum atomic E-state index is 12.8. The molecular weight excluding hydrogens is 408 g/mol. The fourth-order valence-electron chi connectivity index (χ4n) is 3.00. The van der Waals surface area contributed by atoms with E-state index in [2.05, 4.69) is 10.3 Å². The van der Waals surface area contributed by atoms with Gasteiger partial charge >= 0.3 is 5.97 Å². The second-order valence-corrected chi connectivity index (χ2v) is 8.07. The van der Waals surface area contributed by atoms with E-state index in [-0.39, 0.29) is 30.4 Å². The highest BCUT2D eigenvalue weighted by Gasteiger charge is 2.29. The van der Waals surface area contributed by atoms with Crippen molar-refractivity contribution in [2.45, 2.75) is 19.1 Å². The summed E-state index contributed by atoms with van der Waals surface area (Å²) >= 11 is 7.27. The molecule has 1 atom stereocenters. The number of likely N-dealkylation sites (tertiary alicyclic amines) is 1. The number of halogens is 1. The zero-order chi connectivity index (χ0) is 19.8. The second kappa shape index (κ2) is 7.38. The Bertz CT molecular complexity index is 1040. The molecule has 11 heteroatoms. The highest BCUT2D eigenvalue weighted by molar-refractivity contribution is 7.19. The third-order valence-corrected chi connectivity index (χ3v) is 5.60. The molecule has 0 radical (unpaired) electrons. The predicted molar refractivity (Wildman–Crippen MR) is 99.6 cm³/mol. The molecular formula is C17H15ClN4O5S. The largest absolute Gasteiger partial charge is 0.476 e. The lowest BCUT2D eigenvalue weighted by molar-refractivity contribution is 0.0688. The minimum Gasteiger partial charge on any atom is -0.476 e. The van der Waals surface area contributed by atoms with E-state index in [1.165, 1.54) is 27.0 Å². The number of rotatable bonds is 5. The molecule has 0 saturated carbocycles. The highest BCUT2D eigenvalue weighted by Crippen LogP contribution is 2.31. The Kier molecular flexibility index (Phi) is 4.92. The van der Waals surface area contributed by atoms with Crippen LogP contribution in [0.1, 0.15) is 33.1 Å². The number of aromatic nitrogens is 3. The van der Waals surface area contributed by atoms with Gasteiger partial charge in [-0.3, -0.25) is 9.48 Å². The van der Waals surface area contributed by atoms with Crippen molar-refractivity contribution in [3.63, 3.8) is 0 Å². The molecule has 0 aliphatic carbocycles. The number of carbonyl (C=O) groups is 2. The molecule has 4 rings (SSSR count). The number of hydrogen-bond donors (Lipinski definition) is 2. The van der Waals surface area contributed by atoms with E-state index >= 15 is 0 Å². The van der Waals surface area contributed by atoms with Gasteiger partial charge in [-0.1, -0.05) is 16.8 Å². The van der Waals surface area contributed by atoms with E-state index in [9.17, 15) is 19.8 Å². The molecule has 1 amide bonds. The van der Waals surface area contributed by atoms with Crippen molar-refractivity contribution in [2.24, 2.45) is 0 Å². The zero-order valence-corrected chi connectivity index (χ0v) is 16.0. The molecule has 1 saturated heterocycles. The summed E-state index contributed by atoms with van der Waals surface area (Å²) in [6.07, 6.45) is -0.0863. The Morgan fingerprint density at radius 1 is 1.36 bits per heavy atom. The zero-order valence-electron chi connectivity index (χ0n) is 14.4. The molecule has 9 nitrogen and oxygen atoms in total. The van der Waals surface area contributed by atoms with Crippen LogP contribution in [0.2, 0.25) is 4.34 Å². The summed E-state index contributed by atoms with van der Waals surface area (Å²) < 4.78 is 7.23. The number of β-amino-alcohol motifs (C(OH)–C–C–N with tert-alkyl or cyclic N) is 1. The Morgan fingerprint density at radius 3 is 2.82 bits per heavy atom. The van der Waals surface area contributed by atoms with Crippen molar-refractivity contribution < 1.29 is 24.3 Å². The van der Waals surface area contributed by atoms with E-state index < -0.39 is 12.1 Å². The number of carboxylic acids is 1. The van der Waals surface area contributed by atoms with E-state index in [0.29, 0.717) is 28.8 Å². The van der Waals surface area contributed by atoms with Crippen LogP contribution in [-0.4, -0.2) is 61.1 Å². The lowest BCUT2D eigenvalue weighted by Crippen LogP contribution is -2.31. The number of aliphatic hydroxyl groups is 1. The summed E-state index contributed by atoms with van der Waals surface area (Å²) in [5.41, 5.74) is 0.363. The van der Waals surface area contributed by atoms with E-state index in [4.69, 9.17) is 16.1 Å². The summed E-state index contributed by atoms with van der Waals surface area (Å²) in [6, 6.07) is 6.48. The van der Waals surface area contributed by atoms with Gasteiger partial charge in [0.25, 0.3) is 5.91 Å². The molecule has 3 aromatic heterocycles. The van der Waals surface area contributed by atoms with Gasteiger partial charge in [-0.2, -0.15) is 5.10 Å². The van der Waals surface area contributed by atoms with Crippen LogP contribution in [0.25, 0.3) is 10.6 Å². The van der Waals surface area contributed by atoms with E-state index in [1.54, 1.807) is 18.2 Å². The molecule has 0 aromatic carbocycles. The summed E-state index contributed by atoms with van der Waals surface area (Å²) in [5, 5.41) is 26.9. The molecule has 28 heavy (non-hydrogen) atoms.